The molecular weight excluding hydrogens is 537 g/mol. The quantitative estimate of drug-likeness (QED) is 0.134. The SMILES string of the molecule is [2H]C([2H])(OP(=O)(O)OP(=O)(O)OP(=O)(O)O)[C@H]1O[C@@H](n2c(C)cc(=O)[nH]c2=O)C(Cl)(C#CC)[C@H]1O. The van der Waals surface area contributed by atoms with Crippen molar-refractivity contribution in [3.63, 3.8) is 0 Å². The molecule has 1 aliphatic rings. The van der Waals surface area contributed by atoms with Gasteiger partial charge in [-0.1, -0.05) is 17.5 Å². The van der Waals surface area contributed by atoms with Gasteiger partial charge in [-0.15, -0.1) is 5.92 Å². The Kier molecular flexibility index (Phi) is 7.45. The fourth-order valence-electron chi connectivity index (χ4n) is 2.67. The Morgan fingerprint density at radius 2 is 1.88 bits per heavy atom. The van der Waals surface area contributed by atoms with Crippen molar-refractivity contribution in [2.45, 2.75) is 37.2 Å². The molecule has 1 saturated heterocycles. The topological polar surface area (TPSA) is 244 Å². The van der Waals surface area contributed by atoms with Crippen LogP contribution in [0.25, 0.3) is 0 Å². The predicted octanol–water partition coefficient (Wildman–Crippen LogP) is -0.552. The molecule has 0 aromatic carbocycles. The second-order valence-electron chi connectivity index (χ2n) is 6.25. The number of rotatable bonds is 8. The molecule has 0 radical (unpaired) electrons. The molecule has 1 aliphatic heterocycles. The summed E-state index contributed by atoms with van der Waals surface area (Å²) in [6.07, 6.45) is -6.38. The zero-order valence-corrected chi connectivity index (χ0v) is 19.8. The van der Waals surface area contributed by atoms with E-state index in [1.54, 1.807) is 0 Å². The van der Waals surface area contributed by atoms with Crippen LogP contribution in [-0.4, -0.2) is 57.9 Å². The second kappa shape index (κ2) is 9.85. The number of aliphatic hydroxyl groups is 1. The van der Waals surface area contributed by atoms with Gasteiger partial charge in [0.1, 0.15) is 12.2 Å². The first-order valence-corrected chi connectivity index (χ1v) is 13.2. The minimum Gasteiger partial charge on any atom is -0.387 e. The highest BCUT2D eigenvalue weighted by molar-refractivity contribution is 7.66. The number of ether oxygens (including phenoxy) is 1. The van der Waals surface area contributed by atoms with Gasteiger partial charge in [-0.25, -0.2) is 18.5 Å². The number of aryl methyl sites for hydroxylation is 1. The molecule has 0 amide bonds. The van der Waals surface area contributed by atoms with E-state index in [2.05, 4.69) is 25.0 Å². The maximum atomic E-state index is 12.4. The summed E-state index contributed by atoms with van der Waals surface area (Å²) in [7, 11) is -17.7. The smallest absolute Gasteiger partial charge is 0.387 e. The Bertz CT molecular complexity index is 1320. The minimum absolute atomic E-state index is 0.0621. The Morgan fingerprint density at radius 1 is 1.27 bits per heavy atom. The van der Waals surface area contributed by atoms with Gasteiger partial charge >= 0.3 is 29.2 Å². The lowest BCUT2D eigenvalue weighted by Crippen LogP contribution is -2.45. The van der Waals surface area contributed by atoms with Crippen LogP contribution in [0, 0.1) is 18.8 Å². The number of H-pyrrole nitrogens is 1. The fraction of sp³-hybridized carbons (Fsp3) is 0.538. The number of phosphoric ester groups is 1. The third-order valence-corrected chi connectivity index (χ3v) is 7.94. The molecule has 0 spiro atoms. The molecule has 16 nitrogen and oxygen atoms in total. The van der Waals surface area contributed by atoms with Gasteiger partial charge in [-0.2, -0.15) is 8.62 Å². The third-order valence-electron chi connectivity index (χ3n) is 3.77. The van der Waals surface area contributed by atoms with E-state index in [0.717, 1.165) is 6.07 Å². The number of aromatic amines is 1. The normalized spacial score (nSPS) is 30.4. The summed E-state index contributed by atoms with van der Waals surface area (Å²) in [5, 5.41) is 10.7. The predicted molar refractivity (Wildman–Crippen MR) is 108 cm³/mol. The van der Waals surface area contributed by atoms with Crippen LogP contribution in [0.15, 0.2) is 15.7 Å². The van der Waals surface area contributed by atoms with Crippen molar-refractivity contribution in [2.75, 3.05) is 6.56 Å². The van der Waals surface area contributed by atoms with Crippen LogP contribution in [0.4, 0.5) is 0 Å². The van der Waals surface area contributed by atoms with Gasteiger partial charge in [0.2, 0.25) is 0 Å². The minimum atomic E-state index is -6.02. The Morgan fingerprint density at radius 3 is 2.39 bits per heavy atom. The largest absolute Gasteiger partial charge is 0.490 e. The van der Waals surface area contributed by atoms with Gasteiger partial charge in [0, 0.05) is 11.8 Å². The average molecular weight is 557 g/mol. The van der Waals surface area contributed by atoms with E-state index in [1.165, 1.54) is 13.8 Å². The maximum Gasteiger partial charge on any atom is 0.490 e. The molecule has 0 aliphatic carbocycles. The highest BCUT2D eigenvalue weighted by Crippen LogP contribution is 2.66. The zero-order chi connectivity index (χ0) is 27.2. The van der Waals surface area contributed by atoms with Gasteiger partial charge in [-0.05, 0) is 13.8 Å². The van der Waals surface area contributed by atoms with Crippen molar-refractivity contribution < 1.29 is 59.0 Å². The number of hydrogen-bond acceptors (Lipinski definition) is 10. The van der Waals surface area contributed by atoms with Crippen molar-refractivity contribution in [1.29, 1.82) is 0 Å². The number of nitrogens with one attached hydrogen (secondary N) is 1. The number of alkyl halides is 1. The summed E-state index contributed by atoms with van der Waals surface area (Å²) in [4.78, 5) is 59.5. The maximum absolute atomic E-state index is 12.4. The van der Waals surface area contributed by atoms with E-state index < -0.39 is 64.6 Å². The van der Waals surface area contributed by atoms with Crippen LogP contribution < -0.4 is 11.2 Å². The molecule has 1 aromatic rings. The summed E-state index contributed by atoms with van der Waals surface area (Å²) >= 11 is 6.38. The molecular formula is C13H18ClN2O14P3. The summed E-state index contributed by atoms with van der Waals surface area (Å²) in [6, 6.07) is 0.946. The lowest BCUT2D eigenvalue weighted by atomic mass is 9.99. The van der Waals surface area contributed by atoms with Gasteiger partial charge in [-0.3, -0.25) is 18.9 Å². The van der Waals surface area contributed by atoms with Crippen molar-refractivity contribution in [2.24, 2.45) is 0 Å². The standard InChI is InChI=1S/C13H18ClN2O14P3/c1-3-4-13(14)10(18)8(28-11(13)16-7(2)5-9(17)15-12(16)19)6-27-32(23,24)30-33(25,26)29-31(20,21)22/h5,8,10-11,18H,6H2,1-2H3,(H,23,24)(H,25,26)(H,15,17,19)(H2,20,21,22)/t8-,10+,11-,13?/m1/s1/i6D2. The number of aliphatic hydroxyl groups excluding tert-OH is 1. The van der Waals surface area contributed by atoms with Crippen LogP contribution in [0.3, 0.4) is 0 Å². The Balaban J connectivity index is 2.46. The van der Waals surface area contributed by atoms with Crippen LogP contribution in [0.5, 0.6) is 0 Å². The molecule has 6 atom stereocenters. The van der Waals surface area contributed by atoms with Crippen molar-refractivity contribution >= 4 is 35.1 Å². The van der Waals surface area contributed by atoms with E-state index in [4.69, 9.17) is 28.9 Å². The highest BCUT2D eigenvalue weighted by atomic mass is 35.5. The monoisotopic (exact) mass is 556 g/mol. The van der Waals surface area contributed by atoms with Crippen LogP contribution in [0.1, 0.15) is 21.6 Å². The molecule has 0 saturated carbocycles. The van der Waals surface area contributed by atoms with E-state index in [1.807, 2.05) is 4.98 Å². The molecule has 1 fully saturated rings. The van der Waals surface area contributed by atoms with Gasteiger partial charge in [0.25, 0.3) is 5.56 Å². The molecule has 2 heterocycles. The molecule has 1 aromatic heterocycles. The molecule has 20 heteroatoms. The number of halogens is 1. The zero-order valence-electron chi connectivity index (χ0n) is 18.4. The summed E-state index contributed by atoms with van der Waals surface area (Å²) in [5.41, 5.74) is -1.96. The summed E-state index contributed by atoms with van der Waals surface area (Å²) in [6.45, 7) is -1.06. The van der Waals surface area contributed by atoms with E-state index in [-0.39, 0.29) is 5.69 Å². The van der Waals surface area contributed by atoms with Crippen LogP contribution in [-0.2, 0) is 31.6 Å². The number of nitrogens with zero attached hydrogens (tertiary/aromatic N) is 1. The van der Waals surface area contributed by atoms with Crippen LogP contribution >= 0.6 is 35.1 Å². The van der Waals surface area contributed by atoms with Crippen molar-refractivity contribution in [3.8, 4) is 11.8 Å². The fourth-order valence-corrected chi connectivity index (χ4v) is 5.91. The van der Waals surface area contributed by atoms with Crippen LogP contribution in [0.2, 0.25) is 0 Å². The molecule has 2 rings (SSSR count). The highest BCUT2D eigenvalue weighted by Gasteiger charge is 2.57. The first kappa shape index (κ1) is 25.0. The first-order chi connectivity index (χ1) is 15.6. The number of phosphoric acid groups is 3. The van der Waals surface area contributed by atoms with Crippen molar-refractivity contribution in [1.82, 2.24) is 9.55 Å². The third kappa shape index (κ3) is 6.94. The molecule has 33 heavy (non-hydrogen) atoms. The Labute approximate surface area is 192 Å². The summed E-state index contributed by atoms with van der Waals surface area (Å²) < 4.78 is 67.4. The molecule has 0 bridgehead atoms. The second-order valence-corrected chi connectivity index (χ2v) is 11.2. The lowest BCUT2D eigenvalue weighted by molar-refractivity contribution is -0.0462. The summed E-state index contributed by atoms with van der Waals surface area (Å²) in [5.74, 6) is 4.67. The van der Waals surface area contributed by atoms with E-state index in [0.29, 0.717) is 4.57 Å². The first-order valence-electron chi connectivity index (χ1n) is 9.27. The molecule has 6 N–H and O–H groups in total. The lowest BCUT2D eigenvalue weighted by Gasteiger charge is -2.26. The van der Waals surface area contributed by atoms with Crippen molar-refractivity contribution in [3.05, 3.63) is 32.6 Å². The number of aromatic nitrogens is 2. The molecule has 186 valence electrons. The van der Waals surface area contributed by atoms with Gasteiger partial charge in [0.05, 0.1) is 9.30 Å². The van der Waals surface area contributed by atoms with E-state index in [9.17, 15) is 38.2 Å². The number of hydrogen-bond donors (Lipinski definition) is 6. The Hall–Kier alpha value is -1.14. The van der Waals surface area contributed by atoms with E-state index >= 15 is 0 Å². The molecule has 3 unspecified atom stereocenters. The van der Waals surface area contributed by atoms with Gasteiger partial charge in [0.15, 0.2) is 11.1 Å². The average Bonchev–Trinajstić information content (AvgIpc) is 2.83. The van der Waals surface area contributed by atoms with Gasteiger partial charge < -0.3 is 29.4 Å².